The Morgan fingerprint density at radius 1 is 1.06 bits per heavy atom. The van der Waals surface area contributed by atoms with Crippen LogP contribution in [0.5, 0.6) is 5.75 Å². The molecule has 1 aliphatic heterocycles. The van der Waals surface area contributed by atoms with Crippen LogP contribution >= 0.6 is 0 Å². The maximum Gasteiger partial charge on any atom is 0.411 e. The van der Waals surface area contributed by atoms with E-state index in [1.807, 2.05) is 45.0 Å². The molecule has 2 aromatic carbocycles. The van der Waals surface area contributed by atoms with Crippen molar-refractivity contribution in [3.05, 3.63) is 83.5 Å². The number of anilines is 1. The van der Waals surface area contributed by atoms with Crippen molar-refractivity contribution in [2.24, 2.45) is 22.7 Å². The Balaban J connectivity index is 1.08. The van der Waals surface area contributed by atoms with E-state index in [2.05, 4.69) is 5.32 Å². The number of aryl methyl sites for hydroxylation is 1. The Morgan fingerprint density at radius 3 is 2.49 bits per heavy atom. The van der Waals surface area contributed by atoms with Crippen LogP contribution < -0.4 is 10.1 Å². The first-order valence-electron chi connectivity index (χ1n) is 17.8. The van der Waals surface area contributed by atoms with Gasteiger partial charge in [0.2, 0.25) is 5.78 Å². The molecule has 9 nitrogen and oxygen atoms in total. The van der Waals surface area contributed by atoms with Crippen molar-refractivity contribution in [2.45, 2.75) is 102 Å². The van der Waals surface area contributed by atoms with Crippen LogP contribution in [-0.2, 0) is 30.4 Å². The number of fused-ring (bicyclic) bond motifs is 7. The van der Waals surface area contributed by atoms with E-state index in [1.54, 1.807) is 31.2 Å². The number of amides is 1. The Hall–Kier alpha value is -3.93. The molecular weight excluding hydrogens is 660 g/mol. The van der Waals surface area contributed by atoms with E-state index in [0.717, 1.165) is 23.6 Å². The molecule has 51 heavy (non-hydrogen) atoms. The lowest BCUT2D eigenvalue weighted by Gasteiger charge is -2.63. The van der Waals surface area contributed by atoms with Gasteiger partial charge in [0.25, 0.3) is 0 Å². The Kier molecular flexibility index (Phi) is 8.99. The number of ether oxygens (including phenoxy) is 4. The maximum absolute atomic E-state index is 17.7. The highest BCUT2D eigenvalue weighted by atomic mass is 19.1. The summed E-state index contributed by atoms with van der Waals surface area (Å²) in [6.07, 6.45) is -0.253. The fourth-order valence-corrected chi connectivity index (χ4v) is 9.76. The van der Waals surface area contributed by atoms with Gasteiger partial charge in [-0.05, 0) is 93.0 Å². The normalized spacial score (nSPS) is 37.8. The number of halogens is 2. The van der Waals surface area contributed by atoms with Gasteiger partial charge in [-0.15, -0.1) is 0 Å². The second-order valence-corrected chi connectivity index (χ2v) is 15.2. The van der Waals surface area contributed by atoms with Crippen molar-refractivity contribution in [3.63, 3.8) is 0 Å². The van der Waals surface area contributed by atoms with Gasteiger partial charge in [-0.25, -0.2) is 13.6 Å². The first kappa shape index (κ1) is 35.5. The van der Waals surface area contributed by atoms with Crippen LogP contribution in [-0.4, -0.2) is 65.3 Å². The minimum atomic E-state index is -2.28. The fourth-order valence-electron chi connectivity index (χ4n) is 9.76. The third-order valence-corrected chi connectivity index (χ3v) is 12.3. The second-order valence-electron chi connectivity index (χ2n) is 15.2. The van der Waals surface area contributed by atoms with Crippen molar-refractivity contribution in [3.8, 4) is 5.75 Å². The average molecular weight is 706 g/mol. The summed E-state index contributed by atoms with van der Waals surface area (Å²) in [5, 5.41) is 14.5. The fraction of sp³-hybridized carbons (Fsp3) is 0.525. The molecule has 0 bridgehead atoms. The molecule has 1 amide bonds. The summed E-state index contributed by atoms with van der Waals surface area (Å²) in [4.78, 5) is 39.0. The monoisotopic (exact) mass is 705 g/mol. The molecule has 2 unspecified atom stereocenters. The highest BCUT2D eigenvalue weighted by Crippen LogP contribution is 2.72. The Labute approximate surface area is 296 Å². The summed E-state index contributed by atoms with van der Waals surface area (Å²) < 4.78 is 57.9. The van der Waals surface area contributed by atoms with Crippen LogP contribution in [0.1, 0.15) is 64.0 Å². The number of carbonyl (C=O) groups excluding carboxylic acids is 3. The number of hydrogen-bond donors (Lipinski definition) is 2. The minimum Gasteiger partial charge on any atom is -0.486 e. The molecule has 5 aliphatic rings. The third kappa shape index (κ3) is 5.54. The summed E-state index contributed by atoms with van der Waals surface area (Å²) in [6.45, 7) is 7.06. The summed E-state index contributed by atoms with van der Waals surface area (Å²) in [5.74, 6) is -1.99. The molecule has 11 heteroatoms. The summed E-state index contributed by atoms with van der Waals surface area (Å²) >= 11 is 0. The van der Waals surface area contributed by atoms with Crippen LogP contribution in [0.3, 0.4) is 0 Å². The smallest absolute Gasteiger partial charge is 0.411 e. The van der Waals surface area contributed by atoms with Gasteiger partial charge in [-0.3, -0.25) is 14.9 Å². The number of allylic oxidation sites excluding steroid dienone is 4. The van der Waals surface area contributed by atoms with Crippen LogP contribution in [0.15, 0.2) is 72.3 Å². The molecule has 10 atom stereocenters. The quantitative estimate of drug-likeness (QED) is 0.289. The zero-order valence-electron chi connectivity index (χ0n) is 29.3. The van der Waals surface area contributed by atoms with Crippen molar-refractivity contribution in [1.29, 1.82) is 0 Å². The molecule has 4 aliphatic carbocycles. The van der Waals surface area contributed by atoms with E-state index in [-0.39, 0.29) is 31.4 Å². The zero-order valence-corrected chi connectivity index (χ0v) is 29.3. The Morgan fingerprint density at radius 2 is 1.78 bits per heavy atom. The molecule has 7 rings (SSSR count). The van der Waals surface area contributed by atoms with Crippen LogP contribution in [0, 0.1) is 29.6 Å². The van der Waals surface area contributed by atoms with E-state index in [0.29, 0.717) is 17.9 Å². The van der Waals surface area contributed by atoms with Gasteiger partial charge in [-0.1, -0.05) is 56.2 Å². The van der Waals surface area contributed by atoms with Gasteiger partial charge < -0.3 is 24.1 Å². The van der Waals surface area contributed by atoms with Gasteiger partial charge in [0, 0.05) is 22.4 Å². The summed E-state index contributed by atoms with van der Waals surface area (Å²) in [7, 11) is 0. The van der Waals surface area contributed by atoms with Crippen LogP contribution in [0.25, 0.3) is 0 Å². The number of carbonyl (C=O) groups is 3. The second kappa shape index (κ2) is 12.9. The highest BCUT2D eigenvalue weighted by molar-refractivity contribution is 6.01. The lowest BCUT2D eigenvalue weighted by atomic mass is 9.44. The first-order chi connectivity index (χ1) is 24.2. The van der Waals surface area contributed by atoms with E-state index in [1.165, 1.54) is 12.2 Å². The molecule has 0 spiro atoms. The lowest BCUT2D eigenvalue weighted by molar-refractivity contribution is -0.234. The number of rotatable bonds is 9. The molecule has 1 saturated heterocycles. The molecule has 0 aromatic heterocycles. The topological polar surface area (TPSA) is 120 Å². The highest BCUT2D eigenvalue weighted by Gasteiger charge is 2.80. The van der Waals surface area contributed by atoms with Crippen LogP contribution in [0.2, 0.25) is 0 Å². The molecule has 2 N–H and O–H groups in total. The number of alkyl halides is 2. The van der Waals surface area contributed by atoms with E-state index >= 15 is 8.78 Å². The van der Waals surface area contributed by atoms with Crippen molar-refractivity contribution < 1.29 is 47.2 Å². The Bertz CT molecular complexity index is 1760. The number of Topliss-reactive ketones (excluding diaryl/α,β-unsaturated/α-hetero) is 1. The number of aliphatic hydroxyl groups is 1. The number of ketones is 2. The predicted octanol–water partition coefficient (Wildman–Crippen LogP) is 6.90. The number of nitrogens with one attached hydrogen (secondary N) is 1. The first-order valence-corrected chi connectivity index (χ1v) is 17.8. The average Bonchev–Trinajstić information content (AvgIpc) is 3.58. The number of aliphatic hydroxyl groups excluding tert-OH is 1. The zero-order chi connectivity index (χ0) is 36.3. The molecule has 3 saturated carbocycles. The van der Waals surface area contributed by atoms with Crippen molar-refractivity contribution in [2.75, 3.05) is 11.9 Å². The van der Waals surface area contributed by atoms with Gasteiger partial charge in [0.05, 0.1) is 12.2 Å². The molecule has 0 radical (unpaired) electrons. The maximum atomic E-state index is 17.7. The SMILES string of the molecule is CCCC1O[C@@H]2CC3[C@@H]4C[C@H](F)C5=CC(=O)C=C[C@]5(C)[C@@]4(F)[C@@H](O)C[C@]3(C)[C@]2(C(=O)COc2ccc(NC(=O)OCc3ccc(C)cc3)cc2)O1. The molecule has 272 valence electrons. The largest absolute Gasteiger partial charge is 0.486 e. The van der Waals surface area contributed by atoms with Crippen molar-refractivity contribution >= 4 is 23.3 Å². The third-order valence-electron chi connectivity index (χ3n) is 12.3. The number of hydrogen-bond acceptors (Lipinski definition) is 8. The predicted molar refractivity (Wildman–Crippen MR) is 183 cm³/mol. The van der Waals surface area contributed by atoms with E-state index in [4.69, 9.17) is 18.9 Å². The minimum absolute atomic E-state index is 0.0460. The molecule has 4 fully saturated rings. The standard InChI is InChI=1S/C40H45F2NO8/c1-5-6-35-50-34-19-28-29-18-31(41)30-17-26(44)15-16-37(30,3)39(29,42)32(45)20-38(28,4)40(34,51-35)33(46)22-48-27-13-11-25(12-14-27)43-36(47)49-21-24-9-7-23(2)8-10-24/h7-17,28-29,31-32,34-35,45H,5-6,18-22H2,1-4H3,(H,43,47)/t28?,29-,31-,32-,34+,35?,37-,38-,39-,40+/m0/s1. The molecule has 1 heterocycles. The van der Waals surface area contributed by atoms with Gasteiger partial charge in [-0.2, -0.15) is 0 Å². The van der Waals surface area contributed by atoms with Crippen molar-refractivity contribution in [1.82, 2.24) is 0 Å². The summed E-state index contributed by atoms with van der Waals surface area (Å²) in [6, 6.07) is 14.1. The molecular formula is C40H45F2NO8. The molecule has 2 aromatic rings. The van der Waals surface area contributed by atoms with Gasteiger partial charge >= 0.3 is 6.09 Å². The van der Waals surface area contributed by atoms with E-state index in [9.17, 15) is 19.5 Å². The van der Waals surface area contributed by atoms with E-state index < -0.39 is 82.9 Å². The van der Waals surface area contributed by atoms with Gasteiger partial charge in [0.15, 0.2) is 23.3 Å². The lowest BCUT2D eigenvalue weighted by Crippen LogP contribution is -2.71. The number of benzene rings is 2. The van der Waals surface area contributed by atoms with Crippen LogP contribution in [0.4, 0.5) is 19.3 Å². The summed E-state index contributed by atoms with van der Waals surface area (Å²) in [5.41, 5.74) is -4.01. The van der Waals surface area contributed by atoms with Gasteiger partial charge in [0.1, 0.15) is 25.1 Å².